The zero-order valence-electron chi connectivity index (χ0n) is 6.87. The van der Waals surface area contributed by atoms with Crippen LogP contribution < -0.4 is 4.74 Å². The first kappa shape index (κ1) is 8.05. The van der Waals surface area contributed by atoms with E-state index in [1.165, 1.54) is 0 Å². The molecule has 1 heterocycles. The highest BCUT2D eigenvalue weighted by Gasteiger charge is 1.95. The fraction of sp³-hybridized carbons (Fsp3) is 0.333. The Balaban J connectivity index is 2.66. The summed E-state index contributed by atoms with van der Waals surface area (Å²) in [5.41, 5.74) is 0.765. The highest BCUT2D eigenvalue weighted by Crippen LogP contribution is 2.09. The number of ether oxygens (including phenoxy) is 1. The Morgan fingerprint density at radius 1 is 1.45 bits per heavy atom. The van der Waals surface area contributed by atoms with Crippen molar-refractivity contribution in [2.75, 3.05) is 0 Å². The van der Waals surface area contributed by atoms with Gasteiger partial charge in [-0.3, -0.25) is 4.98 Å². The summed E-state index contributed by atoms with van der Waals surface area (Å²) in [5, 5.41) is 0. The maximum Gasteiger partial charge on any atom is 0.137 e. The van der Waals surface area contributed by atoms with Crippen molar-refractivity contribution >= 4 is 0 Å². The van der Waals surface area contributed by atoms with E-state index in [2.05, 4.69) is 11.9 Å². The Kier molecular flexibility index (Phi) is 2.47. The number of aromatic nitrogens is 1. The van der Waals surface area contributed by atoms with Gasteiger partial charge >= 0.3 is 0 Å². The molecule has 0 aliphatic rings. The minimum Gasteiger partial charge on any atom is -0.489 e. The number of pyridine rings is 1. The highest BCUT2D eigenvalue weighted by atomic mass is 16.5. The third-order valence-corrected chi connectivity index (χ3v) is 1.17. The Labute approximate surface area is 67.2 Å². The van der Waals surface area contributed by atoms with E-state index in [-0.39, 0.29) is 6.10 Å². The van der Waals surface area contributed by atoms with Crippen LogP contribution in [0.3, 0.4) is 0 Å². The van der Waals surface area contributed by atoms with Crippen LogP contribution in [0.1, 0.15) is 19.5 Å². The van der Waals surface area contributed by atoms with Gasteiger partial charge in [-0.05, 0) is 32.9 Å². The molecule has 1 aromatic heterocycles. The summed E-state index contributed by atoms with van der Waals surface area (Å²) in [6, 6.07) is 3.70. The van der Waals surface area contributed by atoms with Gasteiger partial charge in [-0.2, -0.15) is 0 Å². The number of nitrogens with zero attached hydrogens (tertiary/aromatic N) is 1. The third kappa shape index (κ3) is 2.58. The van der Waals surface area contributed by atoms with E-state index in [4.69, 9.17) is 4.74 Å². The smallest absolute Gasteiger partial charge is 0.137 e. The molecule has 0 aliphatic heterocycles. The minimum atomic E-state index is 0.201. The minimum absolute atomic E-state index is 0.201. The van der Waals surface area contributed by atoms with Gasteiger partial charge in [0, 0.05) is 5.69 Å². The lowest BCUT2D eigenvalue weighted by Crippen LogP contribution is -2.05. The molecule has 0 N–H and O–H groups in total. The Morgan fingerprint density at radius 3 is 2.64 bits per heavy atom. The van der Waals surface area contributed by atoms with Gasteiger partial charge in [0.1, 0.15) is 5.75 Å². The molecule has 0 aliphatic carbocycles. The standard InChI is InChI=1S/C9H12NO/c1-7(2)11-9-5-4-8(3)10-6-9/h4-7H,3H2,1-2H3. The molecule has 0 saturated heterocycles. The van der Waals surface area contributed by atoms with Gasteiger partial charge < -0.3 is 4.74 Å². The fourth-order valence-corrected chi connectivity index (χ4v) is 0.753. The summed E-state index contributed by atoms with van der Waals surface area (Å²) >= 11 is 0. The monoisotopic (exact) mass is 150 g/mol. The van der Waals surface area contributed by atoms with E-state index < -0.39 is 0 Å². The van der Waals surface area contributed by atoms with Gasteiger partial charge in [0.05, 0.1) is 12.3 Å². The summed E-state index contributed by atoms with van der Waals surface area (Å²) in [6.07, 6.45) is 1.88. The predicted molar refractivity (Wildman–Crippen MR) is 44.5 cm³/mol. The molecule has 0 spiro atoms. The third-order valence-electron chi connectivity index (χ3n) is 1.17. The molecule has 0 atom stereocenters. The molecule has 0 fully saturated rings. The van der Waals surface area contributed by atoms with Crippen molar-refractivity contribution < 1.29 is 4.74 Å². The average molecular weight is 150 g/mol. The second-order valence-electron chi connectivity index (χ2n) is 2.65. The number of hydrogen-bond donors (Lipinski definition) is 0. The molecule has 1 aromatic rings. The molecule has 0 bridgehead atoms. The van der Waals surface area contributed by atoms with Crippen molar-refractivity contribution in [3.63, 3.8) is 0 Å². The van der Waals surface area contributed by atoms with E-state index in [9.17, 15) is 0 Å². The Morgan fingerprint density at radius 2 is 2.18 bits per heavy atom. The van der Waals surface area contributed by atoms with Crippen LogP contribution in [0.2, 0.25) is 0 Å². The molecule has 1 radical (unpaired) electrons. The van der Waals surface area contributed by atoms with Crippen molar-refractivity contribution in [3.05, 3.63) is 30.9 Å². The molecule has 2 nitrogen and oxygen atoms in total. The maximum absolute atomic E-state index is 5.38. The van der Waals surface area contributed by atoms with E-state index in [1.807, 2.05) is 26.0 Å². The fourth-order valence-electron chi connectivity index (χ4n) is 0.753. The lowest BCUT2D eigenvalue weighted by atomic mass is 10.3. The lowest BCUT2D eigenvalue weighted by molar-refractivity contribution is 0.241. The first-order valence-corrected chi connectivity index (χ1v) is 3.63. The van der Waals surface area contributed by atoms with Gasteiger partial charge in [-0.1, -0.05) is 0 Å². The highest BCUT2D eigenvalue weighted by molar-refractivity contribution is 5.20. The second kappa shape index (κ2) is 3.37. The molecule has 0 unspecified atom stereocenters. The van der Waals surface area contributed by atoms with Gasteiger partial charge in [-0.15, -0.1) is 0 Å². The van der Waals surface area contributed by atoms with Gasteiger partial charge in [0.15, 0.2) is 0 Å². The van der Waals surface area contributed by atoms with Crippen LogP contribution in [0.5, 0.6) is 5.75 Å². The average Bonchev–Trinajstić information content (AvgIpc) is 1.93. The summed E-state index contributed by atoms with van der Waals surface area (Å²) < 4.78 is 5.38. The molecular weight excluding hydrogens is 138 g/mol. The van der Waals surface area contributed by atoms with Gasteiger partial charge in [0.25, 0.3) is 0 Å². The summed E-state index contributed by atoms with van der Waals surface area (Å²) in [4.78, 5) is 4.00. The lowest BCUT2D eigenvalue weighted by Gasteiger charge is -2.08. The van der Waals surface area contributed by atoms with E-state index >= 15 is 0 Å². The molecule has 0 amide bonds. The van der Waals surface area contributed by atoms with Crippen molar-refractivity contribution in [2.24, 2.45) is 0 Å². The van der Waals surface area contributed by atoms with E-state index in [0.717, 1.165) is 11.4 Å². The Hall–Kier alpha value is -1.05. The molecular formula is C9H12NO. The Bertz CT molecular complexity index is 216. The molecule has 0 saturated carbocycles. The van der Waals surface area contributed by atoms with Crippen molar-refractivity contribution in [2.45, 2.75) is 20.0 Å². The molecule has 11 heavy (non-hydrogen) atoms. The van der Waals surface area contributed by atoms with Crippen LogP contribution >= 0.6 is 0 Å². The van der Waals surface area contributed by atoms with Gasteiger partial charge in [0.2, 0.25) is 0 Å². The maximum atomic E-state index is 5.38. The quantitative estimate of drug-likeness (QED) is 0.643. The first-order valence-electron chi connectivity index (χ1n) is 3.63. The van der Waals surface area contributed by atoms with Crippen LogP contribution in [0.4, 0.5) is 0 Å². The SMILES string of the molecule is [CH2]c1ccc(OC(C)C)cn1. The van der Waals surface area contributed by atoms with E-state index in [1.54, 1.807) is 6.20 Å². The van der Waals surface area contributed by atoms with E-state index in [0.29, 0.717) is 0 Å². The summed E-state index contributed by atoms with van der Waals surface area (Å²) in [7, 11) is 0. The van der Waals surface area contributed by atoms with Crippen LogP contribution in [0, 0.1) is 6.92 Å². The second-order valence-corrected chi connectivity index (χ2v) is 2.65. The molecule has 59 valence electrons. The molecule has 0 aromatic carbocycles. The normalized spacial score (nSPS) is 10.2. The van der Waals surface area contributed by atoms with Gasteiger partial charge in [-0.25, -0.2) is 0 Å². The summed E-state index contributed by atoms with van der Waals surface area (Å²) in [5.74, 6) is 0.799. The molecule has 1 rings (SSSR count). The van der Waals surface area contributed by atoms with Crippen LogP contribution in [-0.2, 0) is 0 Å². The summed E-state index contributed by atoms with van der Waals surface area (Å²) in [6.45, 7) is 7.64. The first-order chi connectivity index (χ1) is 5.18. The molecule has 2 heteroatoms. The topological polar surface area (TPSA) is 22.1 Å². The van der Waals surface area contributed by atoms with Crippen LogP contribution in [0.25, 0.3) is 0 Å². The largest absolute Gasteiger partial charge is 0.489 e. The van der Waals surface area contributed by atoms with Crippen LogP contribution in [0.15, 0.2) is 18.3 Å². The van der Waals surface area contributed by atoms with Crippen LogP contribution in [-0.4, -0.2) is 11.1 Å². The number of rotatable bonds is 2. The van der Waals surface area contributed by atoms with Crippen molar-refractivity contribution in [1.82, 2.24) is 4.98 Å². The van der Waals surface area contributed by atoms with Crippen molar-refractivity contribution in [3.8, 4) is 5.75 Å². The zero-order chi connectivity index (χ0) is 8.27. The predicted octanol–water partition coefficient (Wildman–Crippen LogP) is 2.05. The van der Waals surface area contributed by atoms with Crippen molar-refractivity contribution in [1.29, 1.82) is 0 Å². The number of hydrogen-bond acceptors (Lipinski definition) is 2. The zero-order valence-corrected chi connectivity index (χ0v) is 6.87.